The van der Waals surface area contributed by atoms with E-state index in [1.165, 1.54) is 0 Å². The lowest BCUT2D eigenvalue weighted by atomic mass is 10.1. The first-order valence-electron chi connectivity index (χ1n) is 9.92. The summed E-state index contributed by atoms with van der Waals surface area (Å²) in [7, 11) is -3.60. The molecule has 2 atom stereocenters. The summed E-state index contributed by atoms with van der Waals surface area (Å²) in [5, 5.41) is 0.597. The van der Waals surface area contributed by atoms with Crippen molar-refractivity contribution in [1.82, 2.24) is 4.90 Å². The van der Waals surface area contributed by atoms with Gasteiger partial charge in [0.05, 0.1) is 23.6 Å². The summed E-state index contributed by atoms with van der Waals surface area (Å²) in [4.78, 5) is 15.0. The number of rotatable bonds is 9. The Hall–Kier alpha value is -0.430. The molecule has 1 fully saturated rings. The smallest absolute Gasteiger partial charge is 0.354 e. The molecule has 1 heterocycles. The van der Waals surface area contributed by atoms with Crippen LogP contribution < -0.4 is 4.74 Å². The van der Waals surface area contributed by atoms with Gasteiger partial charge in [0.25, 0.3) is 5.91 Å². The summed E-state index contributed by atoms with van der Waals surface area (Å²) in [5.74, 6) is -0.559. The highest BCUT2D eigenvalue weighted by Crippen LogP contribution is 2.65. The van der Waals surface area contributed by atoms with Crippen LogP contribution in [0.3, 0.4) is 0 Å². The van der Waals surface area contributed by atoms with E-state index in [4.69, 9.17) is 37.0 Å². The molecule has 1 amide bonds. The Balaban J connectivity index is 2.36. The van der Waals surface area contributed by atoms with E-state index in [9.17, 15) is 9.36 Å². The molecule has 1 aliphatic rings. The Morgan fingerprint density at radius 1 is 1.23 bits per heavy atom. The van der Waals surface area contributed by atoms with E-state index < -0.39 is 18.1 Å². The first-order chi connectivity index (χ1) is 14.0. The van der Waals surface area contributed by atoms with Crippen molar-refractivity contribution < 1.29 is 23.1 Å². The second-order valence-corrected chi connectivity index (χ2v) is 12.5. The molecule has 0 bridgehead atoms. The molecule has 10 heteroatoms. The predicted octanol–water partition coefficient (Wildman–Crippen LogP) is 6.30. The van der Waals surface area contributed by atoms with Crippen LogP contribution in [-0.4, -0.2) is 46.5 Å². The molecular formula is C20H30Cl2NO5PS. The quantitative estimate of drug-likeness (QED) is 0.373. The van der Waals surface area contributed by atoms with Gasteiger partial charge in [0.15, 0.2) is 6.61 Å². The number of ether oxygens (including phenoxy) is 1. The fourth-order valence-electron chi connectivity index (χ4n) is 3.52. The van der Waals surface area contributed by atoms with E-state index in [1.54, 1.807) is 48.7 Å². The third-order valence-corrected chi connectivity index (χ3v) is 9.88. The van der Waals surface area contributed by atoms with Gasteiger partial charge in [0.1, 0.15) is 11.5 Å². The van der Waals surface area contributed by atoms with Crippen LogP contribution in [0, 0.1) is 5.92 Å². The SMILES string of the molecule is CCOP(=O)(OCC)C1N(C(=O)COc2ccc(Cl)cc2Cl)C(C(C)C)SC1(C)C. The highest BCUT2D eigenvalue weighted by atomic mass is 35.5. The zero-order chi connectivity index (χ0) is 22.7. The maximum Gasteiger partial charge on any atom is 0.354 e. The topological polar surface area (TPSA) is 65.1 Å². The van der Waals surface area contributed by atoms with Gasteiger partial charge in [-0.15, -0.1) is 11.8 Å². The fraction of sp³-hybridized carbons (Fsp3) is 0.650. The third kappa shape index (κ3) is 5.67. The molecular weight excluding hydrogens is 468 g/mol. The van der Waals surface area contributed by atoms with Crippen molar-refractivity contribution in [3.8, 4) is 5.75 Å². The van der Waals surface area contributed by atoms with Gasteiger partial charge in [-0.25, -0.2) is 0 Å². The number of amides is 1. The van der Waals surface area contributed by atoms with E-state index >= 15 is 0 Å². The number of hydrogen-bond acceptors (Lipinski definition) is 6. The first-order valence-corrected chi connectivity index (χ1v) is 13.2. The summed E-state index contributed by atoms with van der Waals surface area (Å²) >= 11 is 13.7. The normalized spacial score (nSPS) is 21.3. The molecule has 0 radical (unpaired) electrons. The molecule has 170 valence electrons. The van der Waals surface area contributed by atoms with Gasteiger partial charge < -0.3 is 18.7 Å². The number of carbonyl (C=O) groups is 1. The minimum absolute atomic E-state index is 0.124. The van der Waals surface area contributed by atoms with Gasteiger partial charge in [-0.1, -0.05) is 37.0 Å². The Kier molecular flexibility index (Phi) is 9.00. The molecule has 2 rings (SSSR count). The molecule has 0 aliphatic carbocycles. The highest BCUT2D eigenvalue weighted by Gasteiger charge is 2.59. The van der Waals surface area contributed by atoms with Crippen LogP contribution in [-0.2, 0) is 18.4 Å². The number of nitrogens with zero attached hydrogens (tertiary/aromatic N) is 1. The maximum absolute atomic E-state index is 13.8. The number of carbonyl (C=O) groups excluding carboxylic acids is 1. The molecule has 0 spiro atoms. The van der Waals surface area contributed by atoms with Crippen LogP contribution in [0.25, 0.3) is 0 Å². The van der Waals surface area contributed by atoms with Crippen molar-refractivity contribution in [1.29, 1.82) is 0 Å². The zero-order valence-electron chi connectivity index (χ0n) is 18.2. The van der Waals surface area contributed by atoms with Gasteiger partial charge in [0.2, 0.25) is 0 Å². The Morgan fingerprint density at radius 2 is 1.83 bits per heavy atom. The van der Waals surface area contributed by atoms with E-state index in [2.05, 4.69) is 0 Å². The molecule has 0 saturated carbocycles. The lowest BCUT2D eigenvalue weighted by Gasteiger charge is -2.37. The van der Waals surface area contributed by atoms with E-state index in [0.717, 1.165) is 0 Å². The monoisotopic (exact) mass is 497 g/mol. The van der Waals surface area contributed by atoms with E-state index in [1.807, 2.05) is 27.7 Å². The number of hydrogen-bond donors (Lipinski definition) is 0. The van der Waals surface area contributed by atoms with Crippen LogP contribution in [0.2, 0.25) is 10.0 Å². The molecule has 6 nitrogen and oxygen atoms in total. The fourth-order valence-corrected chi connectivity index (χ4v) is 8.54. The van der Waals surface area contributed by atoms with Crippen molar-refractivity contribution >= 4 is 48.5 Å². The van der Waals surface area contributed by atoms with Gasteiger partial charge in [-0.3, -0.25) is 9.36 Å². The molecule has 2 unspecified atom stereocenters. The van der Waals surface area contributed by atoms with Gasteiger partial charge in [-0.2, -0.15) is 0 Å². The molecule has 1 saturated heterocycles. The Labute approximate surface area is 193 Å². The van der Waals surface area contributed by atoms with Crippen LogP contribution >= 0.6 is 42.6 Å². The number of thioether (sulfide) groups is 1. The summed E-state index contributed by atoms with van der Waals surface area (Å²) in [6.07, 6.45) is 0. The summed E-state index contributed by atoms with van der Waals surface area (Å²) in [6, 6.07) is 4.80. The van der Waals surface area contributed by atoms with Crippen molar-refractivity contribution in [2.24, 2.45) is 5.92 Å². The van der Waals surface area contributed by atoms with E-state index in [-0.39, 0.29) is 37.0 Å². The van der Waals surface area contributed by atoms with E-state index in [0.29, 0.717) is 15.8 Å². The second kappa shape index (κ2) is 10.5. The average molecular weight is 498 g/mol. The molecule has 0 N–H and O–H groups in total. The predicted molar refractivity (Wildman–Crippen MR) is 124 cm³/mol. The summed E-state index contributed by atoms with van der Waals surface area (Å²) in [6.45, 7) is 11.7. The van der Waals surface area contributed by atoms with Crippen LogP contribution in [0.4, 0.5) is 0 Å². The Bertz CT molecular complexity index is 797. The minimum atomic E-state index is -3.60. The zero-order valence-corrected chi connectivity index (χ0v) is 21.4. The molecule has 1 aromatic rings. The van der Waals surface area contributed by atoms with Crippen molar-refractivity contribution in [3.05, 3.63) is 28.2 Å². The average Bonchev–Trinajstić information content (AvgIpc) is 2.93. The lowest BCUT2D eigenvalue weighted by Crippen LogP contribution is -2.49. The highest BCUT2D eigenvalue weighted by molar-refractivity contribution is 8.01. The minimum Gasteiger partial charge on any atom is -0.482 e. The summed E-state index contributed by atoms with van der Waals surface area (Å²) in [5.41, 5.74) is 0. The lowest BCUT2D eigenvalue weighted by molar-refractivity contribution is -0.135. The standard InChI is InChI=1S/C20H30Cl2NO5PS/c1-7-27-29(25,28-8-2)19-20(5,6)30-18(13(3)4)23(19)17(24)12-26-16-10-9-14(21)11-15(16)22/h9-11,13,18-19H,7-8,12H2,1-6H3. The van der Waals surface area contributed by atoms with Crippen LogP contribution in [0.1, 0.15) is 41.5 Å². The van der Waals surface area contributed by atoms with Gasteiger partial charge >= 0.3 is 7.60 Å². The van der Waals surface area contributed by atoms with Crippen LogP contribution in [0.5, 0.6) is 5.75 Å². The largest absolute Gasteiger partial charge is 0.482 e. The third-order valence-electron chi connectivity index (χ3n) is 4.60. The van der Waals surface area contributed by atoms with Crippen LogP contribution in [0.15, 0.2) is 18.2 Å². The second-order valence-electron chi connectivity index (χ2n) is 7.77. The Morgan fingerprint density at radius 3 is 2.33 bits per heavy atom. The molecule has 30 heavy (non-hydrogen) atoms. The van der Waals surface area contributed by atoms with Gasteiger partial charge in [-0.05, 0) is 51.8 Å². The van der Waals surface area contributed by atoms with Crippen molar-refractivity contribution in [3.63, 3.8) is 0 Å². The summed E-state index contributed by atoms with van der Waals surface area (Å²) < 4.78 is 30.2. The van der Waals surface area contributed by atoms with Crippen molar-refractivity contribution in [2.75, 3.05) is 19.8 Å². The first kappa shape index (κ1) is 25.8. The molecule has 1 aliphatic heterocycles. The van der Waals surface area contributed by atoms with Gasteiger partial charge in [0, 0.05) is 9.77 Å². The van der Waals surface area contributed by atoms with Crippen molar-refractivity contribution in [2.45, 2.75) is 57.4 Å². The number of halogens is 2. The molecule has 0 aromatic heterocycles. The maximum atomic E-state index is 13.8. The number of benzene rings is 1. The molecule has 1 aromatic carbocycles.